The summed E-state index contributed by atoms with van der Waals surface area (Å²) < 4.78 is 5.67. The molecule has 0 saturated heterocycles. The number of ether oxygens (including phenoxy) is 1. The maximum atomic E-state index is 9.13. The highest BCUT2D eigenvalue weighted by Gasteiger charge is 2.04. The number of aliphatic hydroxyl groups excluding tert-OH is 1. The summed E-state index contributed by atoms with van der Waals surface area (Å²) in [7, 11) is 0. The van der Waals surface area contributed by atoms with E-state index < -0.39 is 0 Å². The van der Waals surface area contributed by atoms with Crippen molar-refractivity contribution in [2.45, 2.75) is 45.5 Å². The van der Waals surface area contributed by atoms with Gasteiger partial charge in [-0.25, -0.2) is 0 Å². The molecule has 0 aromatic heterocycles. The van der Waals surface area contributed by atoms with Gasteiger partial charge in [-0.2, -0.15) is 0 Å². The third-order valence-corrected chi connectivity index (χ3v) is 2.37. The Kier molecular flexibility index (Phi) is 5.37. The minimum atomic E-state index is -0.229. The van der Waals surface area contributed by atoms with Crippen molar-refractivity contribution in [3.05, 3.63) is 35.9 Å². The van der Waals surface area contributed by atoms with E-state index in [1.54, 1.807) is 0 Å². The van der Waals surface area contributed by atoms with Crippen LogP contribution in [-0.4, -0.2) is 17.3 Å². The SMILES string of the molecule is C[C@H](O)CC[C@@H](C)OCc1ccccc1. The number of aliphatic hydroxyl groups is 1. The predicted octanol–water partition coefficient (Wildman–Crippen LogP) is 2.75. The van der Waals surface area contributed by atoms with Gasteiger partial charge < -0.3 is 9.84 Å². The standard InChI is InChI=1S/C13H20O2/c1-11(14)8-9-12(2)15-10-13-6-4-3-5-7-13/h3-7,11-12,14H,8-10H2,1-2H3/t11-,12+/m0/s1. The fourth-order valence-electron chi connectivity index (χ4n) is 1.37. The number of rotatable bonds is 6. The molecule has 0 aliphatic carbocycles. The molecule has 0 unspecified atom stereocenters. The third-order valence-electron chi connectivity index (χ3n) is 2.37. The molecule has 1 aromatic rings. The van der Waals surface area contributed by atoms with E-state index in [0.29, 0.717) is 6.61 Å². The number of benzene rings is 1. The second-order valence-electron chi connectivity index (χ2n) is 4.03. The summed E-state index contributed by atoms with van der Waals surface area (Å²) in [4.78, 5) is 0. The van der Waals surface area contributed by atoms with Crippen LogP contribution in [0.3, 0.4) is 0 Å². The number of hydrogen-bond acceptors (Lipinski definition) is 2. The highest BCUT2D eigenvalue weighted by Crippen LogP contribution is 2.08. The highest BCUT2D eigenvalue weighted by atomic mass is 16.5. The van der Waals surface area contributed by atoms with E-state index in [9.17, 15) is 0 Å². The van der Waals surface area contributed by atoms with E-state index in [-0.39, 0.29) is 12.2 Å². The zero-order chi connectivity index (χ0) is 11.1. The van der Waals surface area contributed by atoms with Crippen LogP contribution >= 0.6 is 0 Å². The minimum absolute atomic E-state index is 0.208. The molecule has 0 aliphatic heterocycles. The second-order valence-corrected chi connectivity index (χ2v) is 4.03. The average molecular weight is 208 g/mol. The summed E-state index contributed by atoms with van der Waals surface area (Å²) in [5.74, 6) is 0. The quantitative estimate of drug-likeness (QED) is 0.779. The largest absolute Gasteiger partial charge is 0.393 e. The lowest BCUT2D eigenvalue weighted by atomic mass is 10.1. The summed E-state index contributed by atoms with van der Waals surface area (Å²) in [6.45, 7) is 4.51. The smallest absolute Gasteiger partial charge is 0.0720 e. The van der Waals surface area contributed by atoms with Gasteiger partial charge in [0.2, 0.25) is 0 Å². The van der Waals surface area contributed by atoms with E-state index in [1.807, 2.05) is 32.0 Å². The summed E-state index contributed by atoms with van der Waals surface area (Å²) in [5.41, 5.74) is 1.20. The Labute approximate surface area is 91.9 Å². The van der Waals surface area contributed by atoms with Crippen molar-refractivity contribution in [2.75, 3.05) is 0 Å². The van der Waals surface area contributed by atoms with Gasteiger partial charge in [0.1, 0.15) is 0 Å². The van der Waals surface area contributed by atoms with Crippen LogP contribution in [0.4, 0.5) is 0 Å². The van der Waals surface area contributed by atoms with Crippen molar-refractivity contribution < 1.29 is 9.84 Å². The topological polar surface area (TPSA) is 29.5 Å². The summed E-state index contributed by atoms with van der Waals surface area (Å²) in [5, 5.41) is 9.13. The number of hydrogen-bond donors (Lipinski definition) is 1. The molecule has 1 aromatic carbocycles. The van der Waals surface area contributed by atoms with Gasteiger partial charge in [0, 0.05) is 0 Å². The first-order valence-electron chi connectivity index (χ1n) is 5.52. The fourth-order valence-corrected chi connectivity index (χ4v) is 1.37. The maximum absolute atomic E-state index is 9.13. The molecular formula is C13H20O2. The molecule has 0 radical (unpaired) electrons. The predicted molar refractivity (Wildman–Crippen MR) is 61.6 cm³/mol. The molecule has 2 nitrogen and oxygen atoms in total. The first-order chi connectivity index (χ1) is 7.18. The monoisotopic (exact) mass is 208 g/mol. The van der Waals surface area contributed by atoms with Gasteiger partial charge in [0.25, 0.3) is 0 Å². The Morgan fingerprint density at radius 2 is 1.80 bits per heavy atom. The van der Waals surface area contributed by atoms with Gasteiger partial charge in [-0.05, 0) is 32.3 Å². The van der Waals surface area contributed by atoms with E-state index in [4.69, 9.17) is 9.84 Å². The van der Waals surface area contributed by atoms with Gasteiger partial charge >= 0.3 is 0 Å². The van der Waals surface area contributed by atoms with Crippen LogP contribution in [0, 0.1) is 0 Å². The third kappa shape index (κ3) is 5.55. The maximum Gasteiger partial charge on any atom is 0.0720 e. The van der Waals surface area contributed by atoms with E-state index >= 15 is 0 Å². The van der Waals surface area contributed by atoms with E-state index in [0.717, 1.165) is 12.8 Å². The Morgan fingerprint density at radius 3 is 2.40 bits per heavy atom. The molecule has 0 heterocycles. The Morgan fingerprint density at radius 1 is 1.13 bits per heavy atom. The van der Waals surface area contributed by atoms with Crippen LogP contribution in [0.5, 0.6) is 0 Å². The Balaban J connectivity index is 2.19. The van der Waals surface area contributed by atoms with Gasteiger partial charge in [-0.1, -0.05) is 30.3 Å². The van der Waals surface area contributed by atoms with Gasteiger partial charge in [0.15, 0.2) is 0 Å². The van der Waals surface area contributed by atoms with Crippen molar-refractivity contribution in [1.29, 1.82) is 0 Å². The highest BCUT2D eigenvalue weighted by molar-refractivity contribution is 5.13. The van der Waals surface area contributed by atoms with Gasteiger partial charge in [-0.3, -0.25) is 0 Å². The van der Waals surface area contributed by atoms with Gasteiger partial charge in [-0.15, -0.1) is 0 Å². The summed E-state index contributed by atoms with van der Waals surface area (Å²) in [6, 6.07) is 10.1. The lowest BCUT2D eigenvalue weighted by molar-refractivity contribution is 0.0371. The van der Waals surface area contributed by atoms with Crippen molar-refractivity contribution >= 4 is 0 Å². The molecule has 15 heavy (non-hydrogen) atoms. The molecule has 1 N–H and O–H groups in total. The lowest BCUT2D eigenvalue weighted by Crippen LogP contribution is -2.11. The first kappa shape index (κ1) is 12.2. The van der Waals surface area contributed by atoms with Crippen LogP contribution in [0.15, 0.2) is 30.3 Å². The zero-order valence-electron chi connectivity index (χ0n) is 9.52. The molecular weight excluding hydrogens is 188 g/mol. The Bertz CT molecular complexity index is 256. The van der Waals surface area contributed by atoms with Gasteiger partial charge in [0.05, 0.1) is 18.8 Å². The zero-order valence-corrected chi connectivity index (χ0v) is 9.52. The average Bonchev–Trinajstić information content (AvgIpc) is 2.25. The van der Waals surface area contributed by atoms with Crippen LogP contribution in [-0.2, 0) is 11.3 Å². The first-order valence-corrected chi connectivity index (χ1v) is 5.52. The van der Waals surface area contributed by atoms with Crippen molar-refractivity contribution in [3.63, 3.8) is 0 Å². The van der Waals surface area contributed by atoms with E-state index in [2.05, 4.69) is 12.1 Å². The second kappa shape index (κ2) is 6.59. The summed E-state index contributed by atoms with van der Waals surface area (Å²) >= 11 is 0. The van der Waals surface area contributed by atoms with Crippen molar-refractivity contribution in [1.82, 2.24) is 0 Å². The van der Waals surface area contributed by atoms with Crippen LogP contribution in [0.2, 0.25) is 0 Å². The van der Waals surface area contributed by atoms with Crippen LogP contribution < -0.4 is 0 Å². The Hall–Kier alpha value is -0.860. The van der Waals surface area contributed by atoms with Crippen molar-refractivity contribution in [3.8, 4) is 0 Å². The minimum Gasteiger partial charge on any atom is -0.393 e. The molecule has 2 atom stereocenters. The van der Waals surface area contributed by atoms with Crippen LogP contribution in [0.25, 0.3) is 0 Å². The van der Waals surface area contributed by atoms with Crippen LogP contribution in [0.1, 0.15) is 32.3 Å². The fraction of sp³-hybridized carbons (Fsp3) is 0.538. The lowest BCUT2D eigenvalue weighted by Gasteiger charge is -2.13. The van der Waals surface area contributed by atoms with E-state index in [1.165, 1.54) is 5.56 Å². The molecule has 0 spiro atoms. The molecule has 0 bridgehead atoms. The molecule has 2 heteroatoms. The molecule has 0 saturated carbocycles. The normalized spacial score (nSPS) is 14.9. The molecule has 1 rings (SSSR count). The molecule has 0 aliphatic rings. The molecule has 84 valence electrons. The summed E-state index contributed by atoms with van der Waals surface area (Å²) in [6.07, 6.45) is 1.69. The molecule has 0 fully saturated rings. The molecule has 0 amide bonds. The van der Waals surface area contributed by atoms with Crippen molar-refractivity contribution in [2.24, 2.45) is 0 Å².